The molecule has 0 rings (SSSR count). The number of nitrogens with two attached hydrogens (primary N) is 2. The first-order valence-corrected chi connectivity index (χ1v) is 3.28. The number of hydrogen-bond donors (Lipinski definition) is 2. The molecule has 5 heteroatoms. The van der Waals surface area contributed by atoms with Crippen LogP contribution in [0.2, 0.25) is 0 Å². The normalized spacial score (nSPS) is 12.2. The maximum atomic E-state index is 10.5. The van der Waals surface area contributed by atoms with Crippen molar-refractivity contribution in [3.63, 3.8) is 0 Å². The Hall–Kier alpha value is -1.10. The van der Waals surface area contributed by atoms with Crippen molar-refractivity contribution in [2.75, 3.05) is 6.61 Å². The molecule has 0 radical (unpaired) electrons. The Morgan fingerprint density at radius 3 is 2.45 bits per heavy atom. The molecule has 0 aromatic rings. The predicted molar refractivity (Wildman–Crippen MR) is 38.4 cm³/mol. The molecule has 0 aromatic carbocycles. The molecule has 0 aliphatic heterocycles. The molecule has 0 unspecified atom stereocenters. The van der Waals surface area contributed by atoms with Crippen LogP contribution >= 0.6 is 0 Å². The third-order valence-corrected chi connectivity index (χ3v) is 1.08. The average Bonchev–Trinajstić information content (AvgIpc) is 1.99. The van der Waals surface area contributed by atoms with Gasteiger partial charge in [0.15, 0.2) is 0 Å². The number of ether oxygens (including phenoxy) is 1. The van der Waals surface area contributed by atoms with Gasteiger partial charge in [-0.3, -0.25) is 9.59 Å². The van der Waals surface area contributed by atoms with Crippen molar-refractivity contribution in [2.45, 2.75) is 19.4 Å². The van der Waals surface area contributed by atoms with Crippen LogP contribution in [0.3, 0.4) is 0 Å². The summed E-state index contributed by atoms with van der Waals surface area (Å²) in [4.78, 5) is 20.8. The van der Waals surface area contributed by atoms with Crippen molar-refractivity contribution in [2.24, 2.45) is 11.5 Å². The number of carbonyl (C=O) groups is 2. The number of rotatable bonds is 4. The van der Waals surface area contributed by atoms with Crippen LogP contribution in [0.25, 0.3) is 0 Å². The van der Waals surface area contributed by atoms with Gasteiger partial charge in [0.2, 0.25) is 5.91 Å². The highest BCUT2D eigenvalue weighted by Crippen LogP contribution is 1.86. The number of hydrogen-bond acceptors (Lipinski definition) is 4. The quantitative estimate of drug-likeness (QED) is 0.502. The molecular formula is C6H12N2O3. The lowest BCUT2D eigenvalue weighted by atomic mass is 10.3. The fraction of sp³-hybridized carbons (Fsp3) is 0.667. The zero-order valence-corrected chi connectivity index (χ0v) is 6.37. The summed E-state index contributed by atoms with van der Waals surface area (Å²) in [6.45, 7) is 1.51. The van der Waals surface area contributed by atoms with Gasteiger partial charge in [0.25, 0.3) is 0 Å². The Bertz CT molecular complexity index is 158. The molecule has 64 valence electrons. The number of esters is 1. The van der Waals surface area contributed by atoms with Crippen LogP contribution in [0, 0.1) is 0 Å². The van der Waals surface area contributed by atoms with Gasteiger partial charge in [0.1, 0.15) is 12.6 Å². The van der Waals surface area contributed by atoms with E-state index in [9.17, 15) is 9.59 Å². The summed E-state index contributed by atoms with van der Waals surface area (Å²) in [6.07, 6.45) is 0.269. The molecule has 11 heavy (non-hydrogen) atoms. The molecule has 0 spiro atoms. The maximum Gasteiger partial charge on any atom is 0.305 e. The van der Waals surface area contributed by atoms with Crippen molar-refractivity contribution < 1.29 is 14.3 Å². The van der Waals surface area contributed by atoms with Crippen LogP contribution in [0.1, 0.15) is 13.3 Å². The lowest BCUT2D eigenvalue weighted by Crippen LogP contribution is -2.40. The van der Waals surface area contributed by atoms with E-state index in [1.165, 1.54) is 0 Å². The highest BCUT2D eigenvalue weighted by atomic mass is 16.5. The zero-order valence-electron chi connectivity index (χ0n) is 6.37. The Morgan fingerprint density at radius 2 is 2.09 bits per heavy atom. The first-order chi connectivity index (χ1) is 5.07. The number of carbonyl (C=O) groups excluding carboxylic acids is 2. The van der Waals surface area contributed by atoms with E-state index in [-0.39, 0.29) is 19.0 Å². The largest absolute Gasteiger partial charge is 0.463 e. The van der Waals surface area contributed by atoms with Gasteiger partial charge >= 0.3 is 5.97 Å². The van der Waals surface area contributed by atoms with Crippen LogP contribution in [0.15, 0.2) is 0 Å². The molecule has 0 bridgehead atoms. The Kier molecular flexibility index (Phi) is 4.21. The molecule has 0 aliphatic rings. The van der Waals surface area contributed by atoms with E-state index in [0.29, 0.717) is 0 Å². The molecule has 5 nitrogen and oxygen atoms in total. The highest BCUT2D eigenvalue weighted by Gasteiger charge is 2.10. The summed E-state index contributed by atoms with van der Waals surface area (Å²) in [5.74, 6) is -1.06. The third kappa shape index (κ3) is 4.32. The van der Waals surface area contributed by atoms with E-state index in [1.54, 1.807) is 6.92 Å². The van der Waals surface area contributed by atoms with Crippen molar-refractivity contribution in [1.29, 1.82) is 0 Å². The van der Waals surface area contributed by atoms with Crippen molar-refractivity contribution in [3.8, 4) is 0 Å². The van der Waals surface area contributed by atoms with E-state index < -0.39 is 11.9 Å². The summed E-state index contributed by atoms with van der Waals surface area (Å²) in [7, 11) is 0. The Balaban J connectivity index is 3.54. The minimum absolute atomic E-state index is 0.137. The molecule has 0 aromatic heterocycles. The van der Waals surface area contributed by atoms with Gasteiger partial charge in [0.05, 0.1) is 0 Å². The van der Waals surface area contributed by atoms with E-state index in [1.807, 2.05) is 0 Å². The van der Waals surface area contributed by atoms with E-state index in [2.05, 4.69) is 4.74 Å². The molecular weight excluding hydrogens is 148 g/mol. The van der Waals surface area contributed by atoms with Gasteiger partial charge < -0.3 is 16.2 Å². The topological polar surface area (TPSA) is 95.4 Å². The van der Waals surface area contributed by atoms with E-state index >= 15 is 0 Å². The first kappa shape index (κ1) is 9.90. The summed E-state index contributed by atoms with van der Waals surface area (Å²) >= 11 is 0. The van der Waals surface area contributed by atoms with Crippen molar-refractivity contribution in [1.82, 2.24) is 0 Å². The SMILES string of the molecule is CCC(=O)OC[C@H](N)C(N)=O. The van der Waals surface area contributed by atoms with Gasteiger partial charge in [0, 0.05) is 6.42 Å². The van der Waals surface area contributed by atoms with Crippen LogP contribution in [-0.2, 0) is 14.3 Å². The first-order valence-electron chi connectivity index (χ1n) is 3.28. The fourth-order valence-corrected chi connectivity index (χ4v) is 0.367. The molecule has 0 fully saturated rings. The molecule has 1 atom stereocenters. The van der Waals surface area contributed by atoms with Crippen LogP contribution in [0.5, 0.6) is 0 Å². The lowest BCUT2D eigenvalue weighted by molar-refractivity contribution is -0.144. The van der Waals surface area contributed by atoms with Gasteiger partial charge in [-0.25, -0.2) is 0 Å². The zero-order chi connectivity index (χ0) is 8.85. The average molecular weight is 160 g/mol. The number of amides is 1. The van der Waals surface area contributed by atoms with Crippen LogP contribution in [-0.4, -0.2) is 24.5 Å². The van der Waals surface area contributed by atoms with E-state index in [0.717, 1.165) is 0 Å². The van der Waals surface area contributed by atoms with Gasteiger partial charge in [-0.1, -0.05) is 6.92 Å². The second-order valence-electron chi connectivity index (χ2n) is 2.05. The van der Waals surface area contributed by atoms with E-state index in [4.69, 9.17) is 11.5 Å². The Morgan fingerprint density at radius 1 is 1.55 bits per heavy atom. The minimum atomic E-state index is -0.898. The van der Waals surface area contributed by atoms with Gasteiger partial charge in [-0.05, 0) is 0 Å². The van der Waals surface area contributed by atoms with Crippen molar-refractivity contribution in [3.05, 3.63) is 0 Å². The van der Waals surface area contributed by atoms with Gasteiger partial charge in [-0.2, -0.15) is 0 Å². The molecule has 0 saturated heterocycles. The third-order valence-electron chi connectivity index (χ3n) is 1.08. The molecule has 4 N–H and O–H groups in total. The highest BCUT2D eigenvalue weighted by molar-refractivity contribution is 5.80. The summed E-state index contributed by atoms with van der Waals surface area (Å²) in [5, 5.41) is 0. The summed E-state index contributed by atoms with van der Waals surface area (Å²) < 4.78 is 4.55. The monoisotopic (exact) mass is 160 g/mol. The predicted octanol–water partition coefficient (Wildman–Crippen LogP) is -1.25. The second kappa shape index (κ2) is 4.68. The van der Waals surface area contributed by atoms with Crippen LogP contribution < -0.4 is 11.5 Å². The van der Waals surface area contributed by atoms with Crippen molar-refractivity contribution >= 4 is 11.9 Å². The molecule has 0 heterocycles. The lowest BCUT2D eigenvalue weighted by Gasteiger charge is -2.06. The minimum Gasteiger partial charge on any atom is -0.463 e. The van der Waals surface area contributed by atoms with Gasteiger partial charge in [-0.15, -0.1) is 0 Å². The fourth-order valence-electron chi connectivity index (χ4n) is 0.367. The smallest absolute Gasteiger partial charge is 0.305 e. The molecule has 0 aliphatic carbocycles. The summed E-state index contributed by atoms with van der Waals surface area (Å²) in [5.41, 5.74) is 9.98. The number of primary amides is 1. The summed E-state index contributed by atoms with van der Waals surface area (Å²) in [6, 6.07) is -0.898. The molecule has 1 amide bonds. The maximum absolute atomic E-state index is 10.5. The molecule has 0 saturated carbocycles. The van der Waals surface area contributed by atoms with Crippen LogP contribution in [0.4, 0.5) is 0 Å². The second-order valence-corrected chi connectivity index (χ2v) is 2.05. The standard InChI is InChI=1S/C6H12N2O3/c1-2-5(9)11-3-4(7)6(8)10/h4H,2-3,7H2,1H3,(H2,8,10)/t4-/m0/s1. The Labute approximate surface area is 64.7 Å².